The van der Waals surface area contributed by atoms with Crippen LogP contribution in [0.25, 0.3) is 6.08 Å². The van der Waals surface area contributed by atoms with Crippen molar-refractivity contribution in [1.82, 2.24) is 5.32 Å². The maximum absolute atomic E-state index is 12.2. The Labute approximate surface area is 186 Å². The van der Waals surface area contributed by atoms with Gasteiger partial charge in [-0.25, -0.2) is 0 Å². The monoisotopic (exact) mass is 468 g/mol. The molecule has 0 aromatic heterocycles. The summed E-state index contributed by atoms with van der Waals surface area (Å²) in [5.74, 6) is 0.731. The first kappa shape index (κ1) is 23.2. The van der Waals surface area contributed by atoms with Crippen molar-refractivity contribution in [3.63, 3.8) is 0 Å². The number of carbonyl (C=O) groups excluding carboxylic acids is 1. The zero-order chi connectivity index (χ0) is 22.1. The number of carbonyl (C=O) groups is 1. The number of benzene rings is 2. The maximum atomic E-state index is 12.2. The molecule has 0 bridgehead atoms. The van der Waals surface area contributed by atoms with E-state index < -0.39 is 5.91 Å². The van der Waals surface area contributed by atoms with Crippen LogP contribution in [-0.2, 0) is 17.8 Å². The van der Waals surface area contributed by atoms with Gasteiger partial charge in [-0.2, -0.15) is 5.26 Å². The third kappa shape index (κ3) is 6.50. The molecule has 0 aliphatic rings. The molecule has 0 fully saturated rings. The van der Waals surface area contributed by atoms with E-state index in [1.165, 1.54) is 0 Å². The second-order valence-corrected chi connectivity index (χ2v) is 7.83. The Morgan fingerprint density at radius 2 is 2.00 bits per heavy atom. The Hall–Kier alpha value is -3.04. The van der Waals surface area contributed by atoms with E-state index in [2.05, 4.69) is 27.8 Å². The second kappa shape index (κ2) is 11.2. The van der Waals surface area contributed by atoms with Crippen LogP contribution in [0.1, 0.15) is 30.5 Å². The van der Waals surface area contributed by atoms with Crippen molar-refractivity contribution in [2.45, 2.75) is 32.9 Å². The molecule has 0 atom stereocenters. The molecule has 2 rings (SSSR count). The van der Waals surface area contributed by atoms with Gasteiger partial charge in [0.2, 0.25) is 0 Å². The van der Waals surface area contributed by atoms with Crippen LogP contribution in [0.3, 0.4) is 0 Å². The van der Waals surface area contributed by atoms with Crippen LogP contribution >= 0.6 is 15.9 Å². The lowest BCUT2D eigenvalue weighted by molar-refractivity contribution is -0.117. The first-order valence-corrected chi connectivity index (χ1v) is 10.3. The Balaban J connectivity index is 2.38. The number of nitrogens with zero attached hydrogens (tertiary/aromatic N) is 1. The minimum atomic E-state index is -0.410. The molecule has 30 heavy (non-hydrogen) atoms. The van der Waals surface area contributed by atoms with Crippen LogP contribution in [0.4, 0.5) is 0 Å². The zero-order valence-electron chi connectivity index (χ0n) is 17.4. The third-order valence-corrected chi connectivity index (χ3v) is 4.66. The van der Waals surface area contributed by atoms with Crippen LogP contribution in [0.15, 0.2) is 59.1 Å². The number of allylic oxidation sites excluding steroid dienone is 1. The first-order chi connectivity index (χ1) is 14.4. The lowest BCUT2D eigenvalue weighted by Crippen LogP contribution is -2.30. The SMILES string of the molecule is C=CCc1cc(/C=C(/C#N)C(=O)NC(C)C)cc(OC)c1OCc1ccc(Br)cc1. The number of methoxy groups -OCH3 is 1. The van der Waals surface area contributed by atoms with E-state index in [-0.39, 0.29) is 11.6 Å². The average molecular weight is 469 g/mol. The summed E-state index contributed by atoms with van der Waals surface area (Å²) >= 11 is 3.42. The molecule has 6 heteroatoms. The highest BCUT2D eigenvalue weighted by Gasteiger charge is 2.15. The fraction of sp³-hybridized carbons (Fsp3) is 0.250. The Bertz CT molecular complexity index is 973. The van der Waals surface area contributed by atoms with Crippen molar-refractivity contribution >= 4 is 27.9 Å². The van der Waals surface area contributed by atoms with Crippen LogP contribution in [-0.4, -0.2) is 19.1 Å². The second-order valence-electron chi connectivity index (χ2n) is 6.92. The lowest BCUT2D eigenvalue weighted by Gasteiger charge is -2.16. The molecular weight excluding hydrogens is 444 g/mol. The van der Waals surface area contributed by atoms with Gasteiger partial charge in [0.25, 0.3) is 5.91 Å². The van der Waals surface area contributed by atoms with Crippen LogP contribution in [0, 0.1) is 11.3 Å². The lowest BCUT2D eigenvalue weighted by atomic mass is 10.0. The summed E-state index contributed by atoms with van der Waals surface area (Å²) in [4.78, 5) is 12.2. The molecule has 0 saturated heterocycles. The summed E-state index contributed by atoms with van der Waals surface area (Å²) in [6.07, 6.45) is 3.87. The molecule has 1 amide bonds. The fourth-order valence-electron chi connectivity index (χ4n) is 2.78. The maximum Gasteiger partial charge on any atom is 0.262 e. The van der Waals surface area contributed by atoms with Gasteiger partial charge in [-0.1, -0.05) is 34.1 Å². The van der Waals surface area contributed by atoms with Gasteiger partial charge in [0.05, 0.1) is 7.11 Å². The molecule has 2 aromatic carbocycles. The third-order valence-electron chi connectivity index (χ3n) is 4.13. The minimum absolute atomic E-state index is 0.0267. The van der Waals surface area contributed by atoms with E-state index in [0.29, 0.717) is 30.1 Å². The first-order valence-electron chi connectivity index (χ1n) is 9.49. The molecule has 0 aliphatic carbocycles. The predicted molar refractivity (Wildman–Crippen MR) is 122 cm³/mol. The molecule has 1 N–H and O–H groups in total. The molecule has 156 valence electrons. The predicted octanol–water partition coefficient (Wildman–Crippen LogP) is 5.20. The summed E-state index contributed by atoms with van der Waals surface area (Å²) in [6, 6.07) is 13.4. The Morgan fingerprint density at radius 3 is 2.57 bits per heavy atom. The molecule has 0 spiro atoms. The molecule has 0 aliphatic heterocycles. The van der Waals surface area contributed by atoms with Gasteiger partial charge in [-0.3, -0.25) is 4.79 Å². The zero-order valence-corrected chi connectivity index (χ0v) is 19.0. The Kier molecular flexibility index (Phi) is 8.70. The van der Waals surface area contributed by atoms with Crippen molar-refractivity contribution in [1.29, 1.82) is 5.26 Å². The molecule has 2 aromatic rings. The molecular formula is C24H25BrN2O3. The number of nitrogens with one attached hydrogen (secondary N) is 1. The van der Waals surface area contributed by atoms with E-state index in [0.717, 1.165) is 15.6 Å². The van der Waals surface area contributed by atoms with Gasteiger partial charge in [0.1, 0.15) is 18.2 Å². The summed E-state index contributed by atoms with van der Waals surface area (Å²) in [6.45, 7) is 7.88. The smallest absolute Gasteiger partial charge is 0.262 e. The Morgan fingerprint density at radius 1 is 1.30 bits per heavy atom. The van der Waals surface area contributed by atoms with Crippen LogP contribution < -0.4 is 14.8 Å². The summed E-state index contributed by atoms with van der Waals surface area (Å²) < 4.78 is 12.6. The van der Waals surface area contributed by atoms with E-state index in [9.17, 15) is 10.1 Å². The number of hydrogen-bond acceptors (Lipinski definition) is 4. The normalized spacial score (nSPS) is 11.0. The molecule has 0 radical (unpaired) electrons. The van der Waals surface area contributed by atoms with Gasteiger partial charge in [0.15, 0.2) is 11.5 Å². The van der Waals surface area contributed by atoms with Crippen molar-refractivity contribution in [2.24, 2.45) is 0 Å². The minimum Gasteiger partial charge on any atom is -0.493 e. The number of halogens is 1. The van der Waals surface area contributed by atoms with Crippen molar-refractivity contribution in [3.8, 4) is 17.6 Å². The van der Waals surface area contributed by atoms with Gasteiger partial charge in [0, 0.05) is 16.1 Å². The summed E-state index contributed by atoms with van der Waals surface area (Å²) in [7, 11) is 1.56. The highest BCUT2D eigenvalue weighted by molar-refractivity contribution is 9.10. The van der Waals surface area contributed by atoms with Crippen molar-refractivity contribution in [2.75, 3.05) is 7.11 Å². The molecule has 0 saturated carbocycles. The van der Waals surface area contributed by atoms with Crippen molar-refractivity contribution < 1.29 is 14.3 Å². The van der Waals surface area contributed by atoms with E-state index >= 15 is 0 Å². The topological polar surface area (TPSA) is 71.4 Å². The highest BCUT2D eigenvalue weighted by atomic mass is 79.9. The van der Waals surface area contributed by atoms with Gasteiger partial charge in [-0.05, 0) is 61.7 Å². The summed E-state index contributed by atoms with van der Waals surface area (Å²) in [5, 5.41) is 12.1. The largest absolute Gasteiger partial charge is 0.493 e. The average Bonchev–Trinajstić information content (AvgIpc) is 2.71. The fourth-order valence-corrected chi connectivity index (χ4v) is 3.05. The number of ether oxygens (including phenoxy) is 2. The van der Waals surface area contributed by atoms with E-state index in [4.69, 9.17) is 9.47 Å². The van der Waals surface area contributed by atoms with Crippen molar-refractivity contribution in [3.05, 3.63) is 75.8 Å². The van der Waals surface area contributed by atoms with Gasteiger partial charge >= 0.3 is 0 Å². The quantitative estimate of drug-likeness (QED) is 0.312. The van der Waals surface area contributed by atoms with E-state index in [1.54, 1.807) is 25.3 Å². The molecule has 5 nitrogen and oxygen atoms in total. The molecule has 0 unspecified atom stereocenters. The van der Waals surface area contributed by atoms with Gasteiger partial charge in [-0.15, -0.1) is 6.58 Å². The van der Waals surface area contributed by atoms with E-state index in [1.807, 2.05) is 50.2 Å². The number of rotatable bonds is 9. The van der Waals surface area contributed by atoms with Gasteiger partial charge < -0.3 is 14.8 Å². The highest BCUT2D eigenvalue weighted by Crippen LogP contribution is 2.35. The van der Waals surface area contributed by atoms with Crippen LogP contribution in [0.5, 0.6) is 11.5 Å². The number of nitriles is 1. The van der Waals surface area contributed by atoms with Crippen LogP contribution in [0.2, 0.25) is 0 Å². The number of amides is 1. The standard InChI is InChI=1S/C24H25BrN2O3/c1-5-6-19-11-18(12-20(14-26)24(28)27-16(2)3)13-22(29-4)23(19)30-15-17-7-9-21(25)10-8-17/h5,7-13,16H,1,6,15H2,2-4H3,(H,27,28)/b20-12-. The summed E-state index contributed by atoms with van der Waals surface area (Å²) in [5.41, 5.74) is 2.58. The molecule has 0 heterocycles. The number of hydrogen-bond donors (Lipinski definition) is 1.